The molecular weight excluding hydrogens is 340 g/mol. The van der Waals surface area contributed by atoms with Gasteiger partial charge in [0, 0.05) is 6.42 Å². The molecule has 0 aliphatic rings. The molecule has 5 nitrogen and oxygen atoms in total. The number of aryl methyl sites for hydroxylation is 1. The molecule has 0 spiro atoms. The zero-order chi connectivity index (χ0) is 18.5. The second-order valence-corrected chi connectivity index (χ2v) is 7.97. The second-order valence-electron chi connectivity index (χ2n) is 6.55. The molecule has 0 radical (unpaired) electrons. The van der Waals surface area contributed by atoms with Gasteiger partial charge in [0.15, 0.2) is 0 Å². The Balaban J connectivity index is 1.96. The van der Waals surface area contributed by atoms with Crippen molar-refractivity contribution in [2.45, 2.75) is 81.9 Å². The molecule has 0 aliphatic heterocycles. The lowest BCUT2D eigenvalue weighted by Crippen LogP contribution is -1.98. The third kappa shape index (κ3) is 10.9. The maximum absolute atomic E-state index is 11.0. The Morgan fingerprint density at radius 1 is 0.760 bits per heavy atom. The molecule has 25 heavy (non-hydrogen) atoms. The largest absolute Gasteiger partial charge is 0.481 e. The zero-order valence-corrected chi connectivity index (χ0v) is 15.6. The number of carboxylic acids is 1. The van der Waals surface area contributed by atoms with E-state index in [0.717, 1.165) is 37.7 Å². The molecule has 142 valence electrons. The Kier molecular flexibility index (Phi) is 10.4. The highest BCUT2D eigenvalue weighted by molar-refractivity contribution is 7.85. The van der Waals surface area contributed by atoms with Crippen LogP contribution in [0.3, 0.4) is 0 Å². The van der Waals surface area contributed by atoms with E-state index in [4.69, 9.17) is 9.66 Å². The summed E-state index contributed by atoms with van der Waals surface area (Å²) in [6.07, 6.45) is 12.5. The number of carboxylic acid groups (broad SMARTS) is 1. The van der Waals surface area contributed by atoms with Gasteiger partial charge in [-0.3, -0.25) is 9.35 Å². The van der Waals surface area contributed by atoms with Crippen LogP contribution in [0, 0.1) is 0 Å². The maximum Gasteiger partial charge on any atom is 0.303 e. The lowest BCUT2D eigenvalue weighted by atomic mass is 10.0. The summed E-state index contributed by atoms with van der Waals surface area (Å²) < 4.78 is 30.9. The lowest BCUT2D eigenvalue weighted by Gasteiger charge is -2.04. The summed E-state index contributed by atoms with van der Waals surface area (Å²) in [5.74, 6) is -0.700. The van der Waals surface area contributed by atoms with E-state index in [9.17, 15) is 13.2 Å². The molecule has 0 heterocycles. The number of hydrogen-bond donors (Lipinski definition) is 2. The molecule has 0 atom stereocenters. The van der Waals surface area contributed by atoms with Gasteiger partial charge in [-0.1, -0.05) is 63.5 Å². The predicted octanol–water partition coefficient (Wildman–Crippen LogP) is 4.85. The Bertz CT molecular complexity index is 593. The molecule has 1 aromatic rings. The van der Waals surface area contributed by atoms with Crippen LogP contribution in [0.4, 0.5) is 0 Å². The third-order valence-electron chi connectivity index (χ3n) is 4.33. The van der Waals surface area contributed by atoms with Crippen LogP contribution in [0.2, 0.25) is 0 Å². The van der Waals surface area contributed by atoms with Crippen molar-refractivity contribution in [1.29, 1.82) is 0 Å². The van der Waals surface area contributed by atoms with Gasteiger partial charge in [-0.2, -0.15) is 8.42 Å². The maximum atomic E-state index is 11.0. The van der Waals surface area contributed by atoms with Gasteiger partial charge in [0.1, 0.15) is 0 Å². The molecule has 0 amide bonds. The molecule has 6 heteroatoms. The summed E-state index contributed by atoms with van der Waals surface area (Å²) in [6, 6.07) is 6.41. The highest BCUT2D eigenvalue weighted by Crippen LogP contribution is 2.14. The van der Waals surface area contributed by atoms with Crippen molar-refractivity contribution in [3.63, 3.8) is 0 Å². The van der Waals surface area contributed by atoms with Crippen LogP contribution < -0.4 is 0 Å². The van der Waals surface area contributed by atoms with Crippen LogP contribution in [-0.2, 0) is 21.3 Å². The van der Waals surface area contributed by atoms with E-state index in [1.54, 1.807) is 12.1 Å². The Hall–Kier alpha value is -1.40. The van der Waals surface area contributed by atoms with E-state index < -0.39 is 16.1 Å². The summed E-state index contributed by atoms with van der Waals surface area (Å²) in [5.41, 5.74) is 1.09. The van der Waals surface area contributed by atoms with Crippen molar-refractivity contribution in [2.75, 3.05) is 0 Å². The first-order valence-corrected chi connectivity index (χ1v) is 10.6. The minimum atomic E-state index is -4.10. The fourth-order valence-corrected chi connectivity index (χ4v) is 3.33. The van der Waals surface area contributed by atoms with Gasteiger partial charge in [-0.05, 0) is 37.0 Å². The number of benzene rings is 1. The first-order valence-electron chi connectivity index (χ1n) is 9.18. The topological polar surface area (TPSA) is 91.7 Å². The molecule has 1 rings (SSSR count). The van der Waals surface area contributed by atoms with E-state index in [2.05, 4.69) is 0 Å². The summed E-state index contributed by atoms with van der Waals surface area (Å²) in [4.78, 5) is 10.3. The number of rotatable bonds is 14. The average Bonchev–Trinajstić information content (AvgIpc) is 2.55. The summed E-state index contributed by atoms with van der Waals surface area (Å²) in [5, 5.41) is 8.54. The highest BCUT2D eigenvalue weighted by atomic mass is 32.2. The van der Waals surface area contributed by atoms with E-state index >= 15 is 0 Å². The molecule has 2 N–H and O–H groups in total. The highest BCUT2D eigenvalue weighted by Gasteiger charge is 2.08. The minimum absolute atomic E-state index is 0.0563. The van der Waals surface area contributed by atoms with Gasteiger partial charge < -0.3 is 5.11 Å². The van der Waals surface area contributed by atoms with Crippen LogP contribution in [0.1, 0.15) is 76.2 Å². The number of aliphatic carboxylic acids is 1. The lowest BCUT2D eigenvalue weighted by molar-refractivity contribution is -0.137. The SMILES string of the molecule is O=C(O)CCCCCCCCCCCCc1ccc(S(=O)(=O)O)cc1. The van der Waals surface area contributed by atoms with E-state index in [1.165, 1.54) is 50.7 Å². The van der Waals surface area contributed by atoms with Gasteiger partial charge in [0.2, 0.25) is 0 Å². The van der Waals surface area contributed by atoms with Gasteiger partial charge in [-0.25, -0.2) is 0 Å². The van der Waals surface area contributed by atoms with Gasteiger partial charge in [0.05, 0.1) is 4.90 Å². The van der Waals surface area contributed by atoms with Crippen molar-refractivity contribution in [2.24, 2.45) is 0 Å². The monoisotopic (exact) mass is 370 g/mol. The predicted molar refractivity (Wildman–Crippen MR) is 98.4 cm³/mol. The molecule has 0 saturated carbocycles. The summed E-state index contributed by atoms with van der Waals surface area (Å²) in [7, 11) is -4.10. The van der Waals surface area contributed by atoms with Crippen LogP contribution in [0.25, 0.3) is 0 Å². The molecule has 0 saturated heterocycles. The fourth-order valence-electron chi connectivity index (χ4n) is 2.85. The molecular formula is C19H30O5S. The van der Waals surface area contributed by atoms with Crippen LogP contribution in [0.15, 0.2) is 29.2 Å². The molecule has 1 aromatic carbocycles. The summed E-state index contributed by atoms with van der Waals surface area (Å²) >= 11 is 0. The van der Waals surface area contributed by atoms with Crippen molar-refractivity contribution in [3.05, 3.63) is 29.8 Å². The number of carbonyl (C=O) groups is 1. The zero-order valence-electron chi connectivity index (χ0n) is 14.8. The van der Waals surface area contributed by atoms with Crippen molar-refractivity contribution < 1.29 is 22.9 Å². The molecule has 0 aromatic heterocycles. The van der Waals surface area contributed by atoms with E-state index in [0.29, 0.717) is 6.42 Å². The Labute approximate surface area is 151 Å². The van der Waals surface area contributed by atoms with Crippen molar-refractivity contribution in [1.82, 2.24) is 0 Å². The van der Waals surface area contributed by atoms with Gasteiger partial charge in [0.25, 0.3) is 10.1 Å². The van der Waals surface area contributed by atoms with E-state index in [1.807, 2.05) is 0 Å². The first kappa shape index (κ1) is 21.6. The van der Waals surface area contributed by atoms with Crippen LogP contribution in [-0.4, -0.2) is 24.0 Å². The quantitative estimate of drug-likeness (QED) is 0.361. The van der Waals surface area contributed by atoms with Crippen LogP contribution in [0.5, 0.6) is 0 Å². The van der Waals surface area contributed by atoms with Gasteiger partial charge in [-0.15, -0.1) is 0 Å². The average molecular weight is 371 g/mol. The normalized spacial score (nSPS) is 11.6. The van der Waals surface area contributed by atoms with E-state index in [-0.39, 0.29) is 4.90 Å². The number of hydrogen-bond acceptors (Lipinski definition) is 3. The van der Waals surface area contributed by atoms with Gasteiger partial charge >= 0.3 is 5.97 Å². The van der Waals surface area contributed by atoms with Crippen molar-refractivity contribution >= 4 is 16.1 Å². The summed E-state index contributed by atoms with van der Waals surface area (Å²) in [6.45, 7) is 0. The Morgan fingerprint density at radius 2 is 1.20 bits per heavy atom. The fraction of sp³-hybridized carbons (Fsp3) is 0.632. The number of unbranched alkanes of at least 4 members (excludes halogenated alkanes) is 9. The molecule has 0 unspecified atom stereocenters. The standard InChI is InChI=1S/C19H30O5S/c20-19(21)12-10-8-6-4-2-1-3-5-7-9-11-17-13-15-18(16-14-17)25(22,23)24/h13-16H,1-12H2,(H,20,21)(H,22,23,24). The Morgan fingerprint density at radius 3 is 1.64 bits per heavy atom. The third-order valence-corrected chi connectivity index (χ3v) is 5.20. The van der Waals surface area contributed by atoms with Crippen LogP contribution >= 0.6 is 0 Å². The minimum Gasteiger partial charge on any atom is -0.481 e. The van der Waals surface area contributed by atoms with Crippen molar-refractivity contribution in [3.8, 4) is 0 Å². The smallest absolute Gasteiger partial charge is 0.303 e. The molecule has 0 fully saturated rings. The molecule has 0 aliphatic carbocycles. The first-order chi connectivity index (χ1) is 11.9. The molecule has 0 bridgehead atoms. The second kappa shape index (κ2) is 12.0.